The summed E-state index contributed by atoms with van der Waals surface area (Å²) in [7, 11) is -4.38. The third-order valence-electron chi connectivity index (χ3n) is 1.85. The van der Waals surface area contributed by atoms with Gasteiger partial charge >= 0.3 is 7.75 Å². The molecule has 78 valence electrons. The van der Waals surface area contributed by atoms with Crippen LogP contribution in [-0.4, -0.2) is 14.0 Å². The predicted molar refractivity (Wildman–Crippen MR) is 54.6 cm³/mol. The third-order valence-corrected chi connectivity index (χ3v) is 3.58. The van der Waals surface area contributed by atoms with Crippen LogP contribution >= 0.6 is 19.5 Å². The van der Waals surface area contributed by atoms with Gasteiger partial charge in [0.2, 0.25) is 0 Å². The molecule has 0 aliphatic carbocycles. The van der Waals surface area contributed by atoms with Crippen molar-refractivity contribution in [3.8, 4) is 0 Å². The van der Waals surface area contributed by atoms with Gasteiger partial charge in [-0.05, 0) is 24.3 Å². The molecule has 1 aromatic rings. The summed E-state index contributed by atoms with van der Waals surface area (Å²) in [4.78, 5) is 17.6. The summed E-state index contributed by atoms with van der Waals surface area (Å²) in [6.45, 7) is 1.63. The van der Waals surface area contributed by atoms with Crippen molar-refractivity contribution in [1.29, 1.82) is 0 Å². The van der Waals surface area contributed by atoms with E-state index in [0.29, 0.717) is 4.19 Å². The van der Waals surface area contributed by atoms with Crippen LogP contribution in [0.15, 0.2) is 30.3 Å². The van der Waals surface area contributed by atoms with Crippen LogP contribution in [0.25, 0.3) is 0 Å². The Morgan fingerprint density at radius 3 is 2.29 bits per heavy atom. The monoisotopic (exact) mass is 235 g/mol. The van der Waals surface area contributed by atoms with Crippen LogP contribution in [0.5, 0.6) is 0 Å². The van der Waals surface area contributed by atoms with E-state index in [0.717, 1.165) is 5.56 Å². The average molecular weight is 236 g/mol. The molecular weight excluding hydrogens is 225 g/mol. The van der Waals surface area contributed by atoms with Crippen molar-refractivity contribution in [3.05, 3.63) is 35.9 Å². The summed E-state index contributed by atoms with van der Waals surface area (Å²) in [6, 6.07) is 8.39. The topological polar surface area (TPSA) is 60.8 Å². The maximum absolute atomic E-state index is 10.8. The molecule has 0 fully saturated rings. The van der Waals surface area contributed by atoms with E-state index in [4.69, 9.17) is 21.6 Å². The highest BCUT2D eigenvalue weighted by atomic mass is 35.5. The molecule has 0 unspecified atom stereocenters. The molecule has 0 heterocycles. The van der Waals surface area contributed by atoms with Crippen molar-refractivity contribution in [2.24, 2.45) is 0 Å². The van der Waals surface area contributed by atoms with Gasteiger partial charge in [-0.3, -0.25) is 0 Å². The van der Waals surface area contributed by atoms with Crippen molar-refractivity contribution >= 4 is 19.5 Å². The Balaban J connectivity index is 2.87. The molecule has 14 heavy (non-hydrogen) atoms. The van der Waals surface area contributed by atoms with E-state index in [9.17, 15) is 4.57 Å². The molecule has 1 atom stereocenters. The first-order valence-corrected chi connectivity index (χ1v) is 5.89. The summed E-state index contributed by atoms with van der Waals surface area (Å²) in [5.41, 5.74) is 0.755. The van der Waals surface area contributed by atoms with E-state index in [-0.39, 0.29) is 0 Å². The van der Waals surface area contributed by atoms with Crippen molar-refractivity contribution in [2.45, 2.75) is 13.0 Å². The second kappa shape index (κ2) is 4.43. The lowest BCUT2D eigenvalue weighted by Gasteiger charge is -2.22. The first kappa shape index (κ1) is 11.7. The van der Waals surface area contributed by atoms with Crippen LogP contribution in [0.2, 0.25) is 0 Å². The lowest BCUT2D eigenvalue weighted by molar-refractivity contribution is 0.304. The molecule has 1 aromatic carbocycles. The second-order valence-corrected chi connectivity index (χ2v) is 4.95. The Morgan fingerprint density at radius 1 is 1.36 bits per heavy atom. The Hall–Kier alpha value is -0.380. The molecule has 0 bridgehead atoms. The average Bonchev–Trinajstić information content (AvgIpc) is 2.15. The molecule has 0 aliphatic heterocycles. The van der Waals surface area contributed by atoms with Crippen LogP contribution in [-0.2, 0) is 4.57 Å². The first-order chi connectivity index (χ1) is 6.43. The highest BCUT2D eigenvalue weighted by Gasteiger charge is 2.29. The van der Waals surface area contributed by atoms with Gasteiger partial charge < -0.3 is 9.79 Å². The highest BCUT2D eigenvalue weighted by Crippen LogP contribution is 2.47. The number of rotatable bonds is 3. The minimum absolute atomic E-state index is 0.529. The van der Waals surface area contributed by atoms with Crippen molar-refractivity contribution in [2.75, 3.05) is 0 Å². The number of halogens is 1. The van der Waals surface area contributed by atoms with E-state index in [2.05, 4.69) is 0 Å². The van der Waals surface area contributed by atoms with Crippen LogP contribution < -0.4 is 0 Å². The molecular formula is C8H11ClNO3P. The van der Waals surface area contributed by atoms with Crippen molar-refractivity contribution in [3.63, 3.8) is 0 Å². The number of hydrogen-bond acceptors (Lipinski definition) is 1. The smallest absolute Gasteiger partial charge is 0.312 e. The Labute approximate surface area is 87.4 Å². The molecule has 0 aliphatic rings. The Bertz CT molecular complexity index is 340. The lowest BCUT2D eigenvalue weighted by Crippen LogP contribution is -2.13. The number of benzene rings is 1. The molecule has 0 amide bonds. The molecule has 0 spiro atoms. The zero-order valence-electron chi connectivity index (χ0n) is 7.54. The van der Waals surface area contributed by atoms with Gasteiger partial charge in [0.15, 0.2) is 0 Å². The maximum atomic E-state index is 10.8. The van der Waals surface area contributed by atoms with E-state index in [1.54, 1.807) is 31.2 Å². The predicted octanol–water partition coefficient (Wildman–Crippen LogP) is 2.30. The van der Waals surface area contributed by atoms with Gasteiger partial charge in [-0.15, -0.1) is 4.19 Å². The molecule has 2 N–H and O–H groups in total. The largest absolute Gasteiger partial charge is 0.417 e. The molecule has 4 nitrogen and oxygen atoms in total. The maximum Gasteiger partial charge on any atom is 0.417 e. The summed E-state index contributed by atoms with van der Waals surface area (Å²) < 4.78 is 11.4. The molecule has 0 saturated heterocycles. The van der Waals surface area contributed by atoms with Crippen LogP contribution in [0.1, 0.15) is 18.5 Å². The van der Waals surface area contributed by atoms with E-state index >= 15 is 0 Å². The van der Waals surface area contributed by atoms with Gasteiger partial charge in [-0.2, -0.15) is 0 Å². The second-order valence-electron chi connectivity index (χ2n) is 2.89. The Morgan fingerprint density at radius 2 is 1.86 bits per heavy atom. The summed E-state index contributed by atoms with van der Waals surface area (Å²) in [5.74, 6) is 0. The van der Waals surface area contributed by atoms with E-state index in [1.807, 2.05) is 6.07 Å². The van der Waals surface area contributed by atoms with Gasteiger partial charge in [0.05, 0.1) is 6.04 Å². The van der Waals surface area contributed by atoms with Gasteiger partial charge in [0.1, 0.15) is 0 Å². The van der Waals surface area contributed by atoms with E-state index < -0.39 is 13.8 Å². The minimum Gasteiger partial charge on any atom is -0.312 e. The summed E-state index contributed by atoms with van der Waals surface area (Å²) in [5, 5.41) is 0. The van der Waals surface area contributed by atoms with Gasteiger partial charge in [0.25, 0.3) is 0 Å². The molecule has 0 saturated carbocycles. The quantitative estimate of drug-likeness (QED) is 0.623. The fourth-order valence-corrected chi connectivity index (χ4v) is 1.78. The van der Waals surface area contributed by atoms with Crippen LogP contribution in [0, 0.1) is 0 Å². The third kappa shape index (κ3) is 2.80. The standard InChI is InChI=1S/C8H11ClNO3P/c1-7(10(9)14(11,12)13)8-5-3-2-4-6-8/h2-7H,1H3,(H2,11,12,13)/t7-/m0/s1. The molecule has 1 rings (SSSR count). The zero-order chi connectivity index (χ0) is 10.8. The molecule has 6 heteroatoms. The highest BCUT2D eigenvalue weighted by molar-refractivity contribution is 7.50. The van der Waals surface area contributed by atoms with E-state index in [1.165, 1.54) is 0 Å². The Kier molecular flexibility index (Phi) is 3.70. The van der Waals surface area contributed by atoms with Crippen molar-refractivity contribution < 1.29 is 14.4 Å². The van der Waals surface area contributed by atoms with Gasteiger partial charge in [-0.25, -0.2) is 4.57 Å². The fourth-order valence-electron chi connectivity index (χ4n) is 1.08. The van der Waals surface area contributed by atoms with Crippen molar-refractivity contribution in [1.82, 2.24) is 4.19 Å². The zero-order valence-corrected chi connectivity index (χ0v) is 9.19. The van der Waals surface area contributed by atoms with Crippen LogP contribution in [0.3, 0.4) is 0 Å². The van der Waals surface area contributed by atoms with Gasteiger partial charge in [0, 0.05) is 0 Å². The van der Waals surface area contributed by atoms with Crippen LogP contribution in [0.4, 0.5) is 0 Å². The first-order valence-electron chi connectivity index (χ1n) is 3.99. The SMILES string of the molecule is C[C@@H](c1ccccc1)N(Cl)P(=O)(O)O. The molecule has 0 radical (unpaired) electrons. The summed E-state index contributed by atoms with van der Waals surface area (Å²) in [6.07, 6.45) is 0. The molecule has 0 aromatic heterocycles. The minimum atomic E-state index is -4.38. The normalized spacial score (nSPS) is 14.4. The van der Waals surface area contributed by atoms with Gasteiger partial charge in [-0.1, -0.05) is 30.3 Å². The number of hydrogen-bond donors (Lipinski definition) is 2. The lowest BCUT2D eigenvalue weighted by atomic mass is 10.1. The fraction of sp³-hybridized carbons (Fsp3) is 0.250. The summed E-state index contributed by atoms with van der Waals surface area (Å²) >= 11 is 5.51. The number of nitrogens with zero attached hydrogens (tertiary/aromatic N) is 1.